The van der Waals surface area contributed by atoms with E-state index >= 15 is 0 Å². The molecule has 0 aromatic heterocycles. The molecule has 1 saturated heterocycles. The summed E-state index contributed by atoms with van der Waals surface area (Å²) in [5.74, 6) is 2.28. The van der Waals surface area contributed by atoms with Gasteiger partial charge in [-0.05, 0) is 42.9 Å². The molecule has 2 rings (SSSR count). The Morgan fingerprint density at radius 1 is 1.36 bits per heavy atom. The van der Waals surface area contributed by atoms with E-state index in [0.29, 0.717) is 28.1 Å². The molecule has 0 bridgehead atoms. The van der Waals surface area contributed by atoms with E-state index in [2.05, 4.69) is 27.2 Å². The van der Waals surface area contributed by atoms with E-state index in [4.69, 9.17) is 28.1 Å². The van der Waals surface area contributed by atoms with Gasteiger partial charge in [0.1, 0.15) is 12.2 Å². The molecule has 1 heterocycles. The quantitative estimate of drug-likeness (QED) is 0.340. The van der Waals surface area contributed by atoms with E-state index in [-0.39, 0.29) is 17.3 Å². The first-order valence-electron chi connectivity index (χ1n) is 7.26. The number of rotatable bonds is 5. The van der Waals surface area contributed by atoms with Crippen LogP contribution in [-0.4, -0.2) is 42.1 Å². The standard InChI is InChI=1S/C17H15BrN2O4S/c1-4-6-24-14-9-12(18)10(8-13(14)23-5-2)7-11-15(21)19-17(25)20(3)16(11)22/h1,7-9H,5-6H2,2-3H3,(H,19,21,25)/b11-7+. The van der Waals surface area contributed by atoms with Crippen molar-refractivity contribution in [1.82, 2.24) is 10.2 Å². The first kappa shape index (κ1) is 19.0. The van der Waals surface area contributed by atoms with Gasteiger partial charge in [-0.15, -0.1) is 6.42 Å². The van der Waals surface area contributed by atoms with Gasteiger partial charge in [-0.25, -0.2) is 0 Å². The maximum atomic E-state index is 12.3. The molecule has 8 heteroatoms. The Labute approximate surface area is 159 Å². The zero-order valence-corrected chi connectivity index (χ0v) is 16.0. The largest absolute Gasteiger partial charge is 0.490 e. The summed E-state index contributed by atoms with van der Waals surface area (Å²) in [7, 11) is 1.50. The Morgan fingerprint density at radius 3 is 2.68 bits per heavy atom. The van der Waals surface area contributed by atoms with Crippen molar-refractivity contribution in [3.63, 3.8) is 0 Å². The maximum absolute atomic E-state index is 12.3. The average molecular weight is 423 g/mol. The Bertz CT molecular complexity index is 814. The summed E-state index contributed by atoms with van der Waals surface area (Å²) < 4.78 is 11.6. The number of terminal acetylenes is 1. The monoisotopic (exact) mass is 422 g/mol. The minimum atomic E-state index is -0.550. The fourth-order valence-electron chi connectivity index (χ4n) is 2.06. The smallest absolute Gasteiger partial charge is 0.265 e. The molecule has 0 atom stereocenters. The van der Waals surface area contributed by atoms with Crippen molar-refractivity contribution in [2.24, 2.45) is 0 Å². The number of carbonyl (C=O) groups excluding carboxylic acids is 2. The first-order chi connectivity index (χ1) is 11.9. The fraction of sp³-hybridized carbons (Fsp3) is 0.235. The van der Waals surface area contributed by atoms with Crippen molar-refractivity contribution < 1.29 is 19.1 Å². The van der Waals surface area contributed by atoms with E-state index < -0.39 is 11.8 Å². The molecule has 1 aliphatic heterocycles. The van der Waals surface area contributed by atoms with Gasteiger partial charge in [0.2, 0.25) is 0 Å². The lowest BCUT2D eigenvalue weighted by Gasteiger charge is -2.25. The number of hydrogen-bond donors (Lipinski definition) is 1. The highest BCUT2D eigenvalue weighted by molar-refractivity contribution is 9.10. The highest BCUT2D eigenvalue weighted by Crippen LogP contribution is 2.35. The molecule has 6 nitrogen and oxygen atoms in total. The highest BCUT2D eigenvalue weighted by atomic mass is 79.9. The molecule has 25 heavy (non-hydrogen) atoms. The molecular weight excluding hydrogens is 408 g/mol. The number of hydrogen-bond acceptors (Lipinski definition) is 5. The molecule has 130 valence electrons. The van der Waals surface area contributed by atoms with Gasteiger partial charge >= 0.3 is 0 Å². The van der Waals surface area contributed by atoms with E-state index in [0.717, 1.165) is 0 Å². The second kappa shape index (κ2) is 8.14. The predicted molar refractivity (Wildman–Crippen MR) is 101 cm³/mol. The van der Waals surface area contributed by atoms with E-state index in [1.54, 1.807) is 12.1 Å². The zero-order valence-electron chi connectivity index (χ0n) is 13.6. The number of halogens is 1. The van der Waals surface area contributed by atoms with Gasteiger partial charge in [0.05, 0.1) is 6.61 Å². The van der Waals surface area contributed by atoms with E-state index in [1.807, 2.05) is 6.92 Å². The van der Waals surface area contributed by atoms with Crippen LogP contribution in [0.15, 0.2) is 22.2 Å². The summed E-state index contributed by atoms with van der Waals surface area (Å²) in [5.41, 5.74) is 0.549. The molecule has 1 aromatic carbocycles. The second-order valence-electron chi connectivity index (χ2n) is 4.93. The summed E-state index contributed by atoms with van der Waals surface area (Å²) in [6, 6.07) is 3.34. The summed E-state index contributed by atoms with van der Waals surface area (Å²) in [5, 5.41) is 2.53. The summed E-state index contributed by atoms with van der Waals surface area (Å²) in [4.78, 5) is 25.6. The number of nitrogens with one attached hydrogen (secondary N) is 1. The van der Waals surface area contributed by atoms with Gasteiger partial charge < -0.3 is 9.47 Å². The van der Waals surface area contributed by atoms with Gasteiger partial charge in [-0.2, -0.15) is 0 Å². The van der Waals surface area contributed by atoms with Crippen molar-refractivity contribution in [3.8, 4) is 23.8 Å². The van der Waals surface area contributed by atoms with Crippen LogP contribution >= 0.6 is 28.1 Å². The fourth-order valence-corrected chi connectivity index (χ4v) is 2.68. The molecule has 0 aliphatic carbocycles. The average Bonchev–Trinajstić information content (AvgIpc) is 2.57. The predicted octanol–water partition coefficient (Wildman–Crippen LogP) is 2.12. The molecule has 0 saturated carbocycles. The number of nitrogens with zero attached hydrogens (tertiary/aromatic N) is 1. The Hall–Kier alpha value is -2.37. The number of thiocarbonyl (C=S) groups is 1. The summed E-state index contributed by atoms with van der Waals surface area (Å²) in [6.07, 6.45) is 6.68. The minimum absolute atomic E-state index is 0.0310. The van der Waals surface area contributed by atoms with Crippen LogP contribution in [0.3, 0.4) is 0 Å². The first-order valence-corrected chi connectivity index (χ1v) is 8.46. The Morgan fingerprint density at radius 2 is 2.04 bits per heavy atom. The topological polar surface area (TPSA) is 67.9 Å². The summed E-state index contributed by atoms with van der Waals surface area (Å²) >= 11 is 8.33. The molecule has 0 unspecified atom stereocenters. The molecule has 1 fully saturated rings. The van der Waals surface area contributed by atoms with Crippen LogP contribution in [0, 0.1) is 12.3 Å². The van der Waals surface area contributed by atoms with Crippen LogP contribution < -0.4 is 14.8 Å². The third-order valence-corrected chi connectivity index (χ3v) is 4.34. The van der Waals surface area contributed by atoms with Crippen LogP contribution in [0.1, 0.15) is 12.5 Å². The van der Waals surface area contributed by atoms with E-state index in [1.165, 1.54) is 18.0 Å². The van der Waals surface area contributed by atoms with Crippen LogP contribution in [0.2, 0.25) is 0 Å². The lowest BCUT2D eigenvalue weighted by Crippen LogP contribution is -2.52. The molecule has 1 aliphatic rings. The zero-order chi connectivity index (χ0) is 18.6. The van der Waals surface area contributed by atoms with Crippen molar-refractivity contribution in [1.29, 1.82) is 0 Å². The Balaban J connectivity index is 2.46. The SMILES string of the molecule is C#CCOc1cc(Br)c(/C=C2\C(=O)NC(=S)N(C)C2=O)cc1OCC. The van der Waals surface area contributed by atoms with Gasteiger partial charge in [-0.3, -0.25) is 19.8 Å². The number of benzene rings is 1. The number of likely N-dealkylation sites (N-methyl/N-ethyl adjacent to an activating group) is 1. The van der Waals surface area contributed by atoms with Gasteiger partial charge in [-0.1, -0.05) is 21.9 Å². The minimum Gasteiger partial charge on any atom is -0.490 e. The van der Waals surface area contributed by atoms with Crippen molar-refractivity contribution in [3.05, 3.63) is 27.7 Å². The molecule has 0 radical (unpaired) electrons. The maximum Gasteiger partial charge on any atom is 0.265 e. The van der Waals surface area contributed by atoms with Crippen molar-refractivity contribution in [2.75, 3.05) is 20.3 Å². The van der Waals surface area contributed by atoms with Crippen LogP contribution in [-0.2, 0) is 9.59 Å². The van der Waals surface area contributed by atoms with Gasteiger partial charge in [0, 0.05) is 11.5 Å². The number of carbonyl (C=O) groups is 2. The second-order valence-corrected chi connectivity index (χ2v) is 6.17. The van der Waals surface area contributed by atoms with Crippen LogP contribution in [0.5, 0.6) is 11.5 Å². The third-order valence-electron chi connectivity index (χ3n) is 3.28. The molecule has 1 N–H and O–H groups in total. The molecular formula is C17H15BrN2O4S. The van der Waals surface area contributed by atoms with Crippen LogP contribution in [0.25, 0.3) is 6.08 Å². The van der Waals surface area contributed by atoms with Gasteiger partial charge in [0.25, 0.3) is 11.8 Å². The third kappa shape index (κ3) is 4.18. The van der Waals surface area contributed by atoms with Crippen molar-refractivity contribution in [2.45, 2.75) is 6.92 Å². The molecule has 1 aromatic rings. The lowest BCUT2D eigenvalue weighted by molar-refractivity contribution is -0.128. The number of ether oxygens (including phenoxy) is 2. The lowest BCUT2D eigenvalue weighted by atomic mass is 10.1. The highest BCUT2D eigenvalue weighted by Gasteiger charge is 2.31. The summed E-state index contributed by atoms with van der Waals surface area (Å²) in [6.45, 7) is 2.34. The van der Waals surface area contributed by atoms with Gasteiger partial charge in [0.15, 0.2) is 16.6 Å². The van der Waals surface area contributed by atoms with E-state index in [9.17, 15) is 9.59 Å². The molecule has 2 amide bonds. The van der Waals surface area contributed by atoms with Crippen LogP contribution in [0.4, 0.5) is 0 Å². The molecule has 0 spiro atoms. The Kier molecular flexibility index (Phi) is 6.17. The van der Waals surface area contributed by atoms with Crippen molar-refractivity contribution >= 4 is 51.2 Å². The normalized spacial score (nSPS) is 15.8. The number of amides is 2.